The summed E-state index contributed by atoms with van der Waals surface area (Å²) in [5.74, 6) is -0.787. The Morgan fingerprint density at radius 2 is 2.43 bits per heavy atom. The van der Waals surface area contributed by atoms with Crippen LogP contribution < -0.4 is 5.32 Å². The summed E-state index contributed by atoms with van der Waals surface area (Å²) < 4.78 is 5.70. The van der Waals surface area contributed by atoms with E-state index in [4.69, 9.17) is 17.0 Å². The SMILES string of the molecule is CC(CSC(=S)c1cccs1)C(=O)OC(=O)[C@@H]1CCCN1. The van der Waals surface area contributed by atoms with E-state index >= 15 is 0 Å². The Morgan fingerprint density at radius 3 is 3.05 bits per heavy atom. The van der Waals surface area contributed by atoms with Crippen LogP contribution in [0, 0.1) is 5.92 Å². The molecule has 1 aromatic rings. The van der Waals surface area contributed by atoms with Crippen molar-refractivity contribution in [3.05, 3.63) is 22.4 Å². The minimum absolute atomic E-state index is 0.332. The molecule has 1 fully saturated rings. The molecule has 21 heavy (non-hydrogen) atoms. The van der Waals surface area contributed by atoms with Crippen molar-refractivity contribution in [1.29, 1.82) is 0 Å². The maximum Gasteiger partial charge on any atom is 0.330 e. The molecule has 0 aromatic carbocycles. The number of carbonyl (C=O) groups is 2. The second-order valence-electron chi connectivity index (χ2n) is 4.87. The maximum absolute atomic E-state index is 11.9. The molecule has 0 aliphatic carbocycles. The van der Waals surface area contributed by atoms with Crippen molar-refractivity contribution in [3.63, 3.8) is 0 Å². The molecule has 0 radical (unpaired) electrons. The fourth-order valence-corrected chi connectivity index (χ4v) is 3.93. The highest BCUT2D eigenvalue weighted by atomic mass is 32.2. The lowest BCUT2D eigenvalue weighted by molar-refractivity contribution is -0.163. The second kappa shape index (κ2) is 8.03. The first-order valence-electron chi connectivity index (χ1n) is 6.77. The van der Waals surface area contributed by atoms with E-state index in [9.17, 15) is 9.59 Å². The molecular weight excluding hydrogens is 326 g/mol. The molecule has 7 heteroatoms. The molecule has 1 unspecified atom stereocenters. The Kier molecular flexibility index (Phi) is 6.35. The molecule has 2 heterocycles. The zero-order valence-electron chi connectivity index (χ0n) is 11.7. The number of carbonyl (C=O) groups excluding carboxylic acids is 2. The van der Waals surface area contributed by atoms with Gasteiger partial charge < -0.3 is 10.1 Å². The molecule has 1 aromatic heterocycles. The van der Waals surface area contributed by atoms with E-state index in [0.29, 0.717) is 5.75 Å². The third kappa shape index (κ3) is 4.88. The van der Waals surface area contributed by atoms with Crippen molar-refractivity contribution in [2.75, 3.05) is 12.3 Å². The molecule has 0 spiro atoms. The Balaban J connectivity index is 1.74. The van der Waals surface area contributed by atoms with Crippen molar-refractivity contribution in [2.24, 2.45) is 5.92 Å². The topological polar surface area (TPSA) is 55.4 Å². The standard InChI is InChI=1S/C14H17NO3S3/c1-9(8-21-14(19)11-5-3-7-20-11)12(16)18-13(17)10-4-2-6-15-10/h3,5,7,9-10,15H,2,4,6,8H2,1H3/t9?,10-/m0/s1. The minimum Gasteiger partial charge on any atom is -0.392 e. The number of rotatable bonds is 5. The van der Waals surface area contributed by atoms with Gasteiger partial charge in [0.05, 0.1) is 15.0 Å². The number of thioether (sulfide) groups is 1. The van der Waals surface area contributed by atoms with E-state index in [1.807, 2.05) is 17.5 Å². The maximum atomic E-state index is 11.9. The summed E-state index contributed by atoms with van der Waals surface area (Å²) in [5, 5.41) is 4.98. The van der Waals surface area contributed by atoms with Gasteiger partial charge in [0, 0.05) is 5.75 Å². The van der Waals surface area contributed by atoms with Crippen LogP contribution in [0.4, 0.5) is 0 Å². The molecular formula is C14H17NO3S3. The second-order valence-corrected chi connectivity index (χ2v) is 7.51. The minimum atomic E-state index is -0.477. The van der Waals surface area contributed by atoms with Crippen molar-refractivity contribution in [2.45, 2.75) is 25.8 Å². The summed E-state index contributed by atoms with van der Waals surface area (Å²) in [6.45, 7) is 2.55. The number of hydrogen-bond donors (Lipinski definition) is 1. The van der Waals surface area contributed by atoms with Gasteiger partial charge in [-0.2, -0.15) is 0 Å². The van der Waals surface area contributed by atoms with Crippen LogP contribution in [0.5, 0.6) is 0 Å². The molecule has 2 rings (SSSR count). The Hall–Kier alpha value is -0.760. The van der Waals surface area contributed by atoms with Gasteiger partial charge in [-0.05, 0) is 30.8 Å². The number of ether oxygens (including phenoxy) is 1. The number of hydrogen-bond acceptors (Lipinski definition) is 7. The van der Waals surface area contributed by atoms with E-state index < -0.39 is 11.9 Å². The smallest absolute Gasteiger partial charge is 0.330 e. The molecule has 1 aliphatic rings. The third-order valence-corrected chi connectivity index (χ3v) is 6.00. The number of thiophene rings is 1. The average Bonchev–Trinajstić information content (AvgIpc) is 3.15. The van der Waals surface area contributed by atoms with E-state index in [-0.39, 0.29) is 12.0 Å². The van der Waals surface area contributed by atoms with Crippen LogP contribution >= 0.6 is 35.3 Å². The summed E-state index contributed by atoms with van der Waals surface area (Å²) in [7, 11) is 0. The van der Waals surface area contributed by atoms with E-state index in [2.05, 4.69) is 5.32 Å². The van der Waals surface area contributed by atoms with Gasteiger partial charge >= 0.3 is 11.9 Å². The van der Waals surface area contributed by atoms with Gasteiger partial charge in [-0.3, -0.25) is 4.79 Å². The lowest BCUT2D eigenvalue weighted by Gasteiger charge is -2.12. The average molecular weight is 343 g/mol. The van der Waals surface area contributed by atoms with Crippen LogP contribution in [-0.2, 0) is 14.3 Å². The quantitative estimate of drug-likeness (QED) is 0.504. The van der Waals surface area contributed by atoms with E-state index in [1.54, 1.807) is 18.3 Å². The zero-order valence-corrected chi connectivity index (χ0v) is 14.1. The van der Waals surface area contributed by atoms with Gasteiger partial charge in [0.15, 0.2) is 0 Å². The van der Waals surface area contributed by atoms with Crippen LogP contribution in [0.25, 0.3) is 0 Å². The predicted octanol–water partition coefficient (Wildman–Crippen LogP) is 2.61. The summed E-state index contributed by atoms with van der Waals surface area (Å²) in [5.41, 5.74) is 0. The van der Waals surface area contributed by atoms with Gasteiger partial charge in [0.2, 0.25) is 0 Å². The largest absolute Gasteiger partial charge is 0.392 e. The van der Waals surface area contributed by atoms with Crippen LogP contribution in [0.15, 0.2) is 17.5 Å². The normalized spacial score (nSPS) is 19.2. The fourth-order valence-electron chi connectivity index (χ4n) is 1.89. The molecule has 0 amide bonds. The fraction of sp³-hybridized carbons (Fsp3) is 0.500. The van der Waals surface area contributed by atoms with Crippen molar-refractivity contribution in [1.82, 2.24) is 5.32 Å². The molecule has 0 bridgehead atoms. The molecule has 1 N–H and O–H groups in total. The molecule has 1 saturated heterocycles. The number of esters is 2. The summed E-state index contributed by atoms with van der Waals surface area (Å²) in [6.07, 6.45) is 1.67. The van der Waals surface area contributed by atoms with Crippen LogP contribution in [0.1, 0.15) is 24.6 Å². The van der Waals surface area contributed by atoms with E-state index in [0.717, 1.165) is 28.5 Å². The highest BCUT2D eigenvalue weighted by Gasteiger charge is 2.27. The van der Waals surface area contributed by atoms with Crippen LogP contribution in [-0.4, -0.2) is 34.5 Å². The summed E-state index contributed by atoms with van der Waals surface area (Å²) >= 11 is 8.32. The molecule has 114 valence electrons. The van der Waals surface area contributed by atoms with E-state index in [1.165, 1.54) is 11.8 Å². The highest BCUT2D eigenvalue weighted by Crippen LogP contribution is 2.21. The first kappa shape index (κ1) is 16.6. The van der Waals surface area contributed by atoms with Crippen molar-refractivity contribution in [3.8, 4) is 0 Å². The van der Waals surface area contributed by atoms with Gasteiger partial charge in [-0.25, -0.2) is 4.79 Å². The molecule has 0 saturated carbocycles. The lowest BCUT2D eigenvalue weighted by Crippen LogP contribution is -2.35. The molecule has 2 atom stereocenters. The Bertz CT molecular complexity index is 510. The monoisotopic (exact) mass is 343 g/mol. The molecule has 1 aliphatic heterocycles. The van der Waals surface area contributed by atoms with Gasteiger partial charge in [-0.15, -0.1) is 23.1 Å². The van der Waals surface area contributed by atoms with Gasteiger partial charge in [0.25, 0.3) is 0 Å². The van der Waals surface area contributed by atoms with Crippen molar-refractivity contribution >= 4 is 51.5 Å². The highest BCUT2D eigenvalue weighted by molar-refractivity contribution is 8.24. The Labute approximate surface area is 137 Å². The first-order valence-corrected chi connectivity index (χ1v) is 9.05. The first-order chi connectivity index (χ1) is 10.1. The summed E-state index contributed by atoms with van der Waals surface area (Å²) in [6, 6.07) is 3.57. The van der Waals surface area contributed by atoms with Gasteiger partial charge in [0.1, 0.15) is 6.04 Å². The zero-order chi connectivity index (χ0) is 15.2. The third-order valence-electron chi connectivity index (χ3n) is 3.14. The molecule has 4 nitrogen and oxygen atoms in total. The summed E-state index contributed by atoms with van der Waals surface area (Å²) in [4.78, 5) is 24.7. The van der Waals surface area contributed by atoms with Crippen molar-refractivity contribution < 1.29 is 14.3 Å². The number of thiocarbonyl (C=S) groups is 1. The number of nitrogens with one attached hydrogen (secondary N) is 1. The van der Waals surface area contributed by atoms with Crippen LogP contribution in [0.2, 0.25) is 0 Å². The van der Waals surface area contributed by atoms with Gasteiger partial charge in [-0.1, -0.05) is 25.2 Å². The Morgan fingerprint density at radius 1 is 1.62 bits per heavy atom. The predicted molar refractivity (Wildman–Crippen MR) is 89.8 cm³/mol. The lowest BCUT2D eigenvalue weighted by atomic mass is 10.2. The van der Waals surface area contributed by atoms with Crippen LogP contribution in [0.3, 0.4) is 0 Å².